The van der Waals surface area contributed by atoms with E-state index in [1.54, 1.807) is 0 Å². The van der Waals surface area contributed by atoms with Crippen LogP contribution in [0.5, 0.6) is 0 Å². The third-order valence-corrected chi connectivity index (χ3v) is 5.96. The van der Waals surface area contributed by atoms with Crippen molar-refractivity contribution in [2.75, 3.05) is 11.5 Å². The van der Waals surface area contributed by atoms with E-state index in [-0.39, 0.29) is 5.91 Å². The number of aromatic nitrogens is 3. The lowest BCUT2D eigenvalue weighted by Gasteiger charge is -2.08. The molecule has 3 aromatic rings. The summed E-state index contributed by atoms with van der Waals surface area (Å²) in [5.74, 6) is 0.264. The summed E-state index contributed by atoms with van der Waals surface area (Å²) in [5, 5.41) is 12.3. The van der Waals surface area contributed by atoms with E-state index >= 15 is 0 Å². The summed E-state index contributed by atoms with van der Waals surface area (Å²) in [6, 6.07) is 4.32. The molecule has 0 atom stereocenters. The summed E-state index contributed by atoms with van der Waals surface area (Å²) < 4.78 is 0.707. The molecule has 0 spiro atoms. The standard InChI is InChI=1S/C17H21N5OS2/c1-4-13-10(3)12-6-9(2)5-11(15(12)20-13)7-19-14(23)8-24-17-22-21-16(18)25-17/h5-6,20H,4,7-8H2,1-3H3,(H2,18,21)(H,19,23). The van der Waals surface area contributed by atoms with Gasteiger partial charge in [-0.15, -0.1) is 10.2 Å². The monoisotopic (exact) mass is 375 g/mol. The first kappa shape index (κ1) is 17.8. The Kier molecular flexibility index (Phi) is 5.29. The van der Waals surface area contributed by atoms with Crippen LogP contribution in [0.25, 0.3) is 10.9 Å². The molecule has 0 fully saturated rings. The van der Waals surface area contributed by atoms with Gasteiger partial charge in [0.15, 0.2) is 4.34 Å². The highest BCUT2D eigenvalue weighted by Gasteiger charge is 2.12. The van der Waals surface area contributed by atoms with Crippen molar-refractivity contribution in [3.63, 3.8) is 0 Å². The molecule has 0 unspecified atom stereocenters. The number of thioether (sulfide) groups is 1. The molecule has 0 aliphatic heterocycles. The van der Waals surface area contributed by atoms with E-state index in [4.69, 9.17) is 5.73 Å². The topological polar surface area (TPSA) is 96.7 Å². The molecular weight excluding hydrogens is 354 g/mol. The highest BCUT2D eigenvalue weighted by molar-refractivity contribution is 8.01. The number of carbonyl (C=O) groups excluding carboxylic acids is 1. The number of benzene rings is 1. The number of aromatic amines is 1. The van der Waals surface area contributed by atoms with Crippen LogP contribution in [-0.4, -0.2) is 26.8 Å². The zero-order valence-electron chi connectivity index (χ0n) is 14.5. The van der Waals surface area contributed by atoms with E-state index in [1.807, 2.05) is 0 Å². The first-order valence-electron chi connectivity index (χ1n) is 8.07. The maximum Gasteiger partial charge on any atom is 0.230 e. The van der Waals surface area contributed by atoms with Gasteiger partial charge in [-0.1, -0.05) is 41.7 Å². The van der Waals surface area contributed by atoms with Crippen molar-refractivity contribution in [1.29, 1.82) is 0 Å². The van der Waals surface area contributed by atoms with Crippen molar-refractivity contribution < 1.29 is 4.79 Å². The zero-order valence-corrected chi connectivity index (χ0v) is 16.1. The molecule has 4 N–H and O–H groups in total. The predicted molar refractivity (Wildman–Crippen MR) is 104 cm³/mol. The molecule has 0 aliphatic carbocycles. The maximum atomic E-state index is 12.1. The van der Waals surface area contributed by atoms with E-state index in [1.165, 1.54) is 45.3 Å². The number of H-pyrrole nitrogens is 1. The lowest BCUT2D eigenvalue weighted by molar-refractivity contribution is -0.118. The van der Waals surface area contributed by atoms with Crippen LogP contribution >= 0.6 is 23.1 Å². The van der Waals surface area contributed by atoms with Crippen molar-refractivity contribution in [3.8, 4) is 0 Å². The summed E-state index contributed by atoms with van der Waals surface area (Å²) in [6.45, 7) is 6.87. The van der Waals surface area contributed by atoms with Gasteiger partial charge in [0, 0.05) is 17.6 Å². The molecular formula is C17H21N5OS2. The number of nitrogens with two attached hydrogens (primary N) is 1. The van der Waals surface area contributed by atoms with E-state index in [0.29, 0.717) is 21.8 Å². The summed E-state index contributed by atoms with van der Waals surface area (Å²) in [6.07, 6.45) is 0.965. The minimum Gasteiger partial charge on any atom is -0.374 e. The number of hydrogen-bond donors (Lipinski definition) is 3. The second kappa shape index (κ2) is 7.45. The fraction of sp³-hybridized carbons (Fsp3) is 0.353. The molecule has 0 saturated heterocycles. The minimum absolute atomic E-state index is 0.0348. The molecule has 6 nitrogen and oxygen atoms in total. The van der Waals surface area contributed by atoms with Gasteiger partial charge in [-0.3, -0.25) is 4.79 Å². The van der Waals surface area contributed by atoms with Gasteiger partial charge >= 0.3 is 0 Å². The number of nitrogens with one attached hydrogen (secondary N) is 2. The van der Waals surface area contributed by atoms with Crippen LogP contribution in [0.1, 0.15) is 29.3 Å². The molecule has 0 radical (unpaired) electrons. The normalized spacial score (nSPS) is 11.2. The number of anilines is 1. The molecule has 1 amide bonds. The molecule has 2 heterocycles. The van der Waals surface area contributed by atoms with Crippen LogP contribution in [0.15, 0.2) is 16.5 Å². The molecule has 2 aromatic heterocycles. The summed E-state index contributed by atoms with van der Waals surface area (Å²) in [7, 11) is 0. The molecule has 0 aliphatic rings. The van der Waals surface area contributed by atoms with Crippen molar-refractivity contribution in [2.24, 2.45) is 0 Å². The Morgan fingerprint density at radius 1 is 1.36 bits per heavy atom. The van der Waals surface area contributed by atoms with Gasteiger partial charge in [0.05, 0.1) is 11.3 Å². The Labute approximate surface area is 154 Å². The highest BCUT2D eigenvalue weighted by atomic mass is 32.2. The van der Waals surface area contributed by atoms with Gasteiger partial charge in [0.1, 0.15) is 0 Å². The Bertz CT molecular complexity index is 915. The Morgan fingerprint density at radius 2 is 2.16 bits per heavy atom. The van der Waals surface area contributed by atoms with Crippen LogP contribution in [0.3, 0.4) is 0 Å². The third kappa shape index (κ3) is 3.96. The number of aryl methyl sites for hydroxylation is 3. The van der Waals surface area contributed by atoms with Crippen molar-refractivity contribution >= 4 is 45.0 Å². The van der Waals surface area contributed by atoms with Crippen molar-refractivity contribution in [2.45, 2.75) is 38.1 Å². The van der Waals surface area contributed by atoms with E-state index < -0.39 is 0 Å². The molecule has 3 rings (SSSR count). The van der Waals surface area contributed by atoms with Crippen LogP contribution in [0.2, 0.25) is 0 Å². The molecule has 0 bridgehead atoms. The Balaban J connectivity index is 1.69. The largest absolute Gasteiger partial charge is 0.374 e. The Morgan fingerprint density at radius 3 is 2.84 bits per heavy atom. The predicted octanol–water partition coefficient (Wildman–Crippen LogP) is 3.19. The van der Waals surface area contributed by atoms with Gasteiger partial charge < -0.3 is 16.0 Å². The van der Waals surface area contributed by atoms with E-state index in [0.717, 1.165) is 17.5 Å². The number of fused-ring (bicyclic) bond motifs is 1. The van der Waals surface area contributed by atoms with Crippen LogP contribution in [0.4, 0.5) is 5.13 Å². The van der Waals surface area contributed by atoms with Gasteiger partial charge in [-0.2, -0.15) is 0 Å². The first-order valence-corrected chi connectivity index (χ1v) is 9.87. The van der Waals surface area contributed by atoms with Gasteiger partial charge in [0.2, 0.25) is 11.0 Å². The minimum atomic E-state index is -0.0348. The van der Waals surface area contributed by atoms with Crippen molar-refractivity contribution in [1.82, 2.24) is 20.5 Å². The molecule has 25 heavy (non-hydrogen) atoms. The fourth-order valence-electron chi connectivity index (χ4n) is 2.86. The molecule has 1 aromatic carbocycles. The van der Waals surface area contributed by atoms with Crippen molar-refractivity contribution in [3.05, 3.63) is 34.5 Å². The van der Waals surface area contributed by atoms with Crippen LogP contribution in [0, 0.1) is 13.8 Å². The molecule has 0 saturated carbocycles. The smallest absolute Gasteiger partial charge is 0.230 e. The van der Waals surface area contributed by atoms with E-state index in [9.17, 15) is 4.79 Å². The number of carbonyl (C=O) groups is 1. The maximum absolute atomic E-state index is 12.1. The average Bonchev–Trinajstić information content (AvgIpc) is 3.14. The van der Waals surface area contributed by atoms with Gasteiger partial charge in [-0.05, 0) is 37.5 Å². The lowest BCUT2D eigenvalue weighted by atomic mass is 10.0. The number of amides is 1. The van der Waals surface area contributed by atoms with Gasteiger partial charge in [0.25, 0.3) is 0 Å². The summed E-state index contributed by atoms with van der Waals surface area (Å²) >= 11 is 2.63. The summed E-state index contributed by atoms with van der Waals surface area (Å²) in [5.41, 5.74) is 11.5. The quantitative estimate of drug-likeness (QED) is 0.575. The molecule has 132 valence electrons. The highest BCUT2D eigenvalue weighted by Crippen LogP contribution is 2.27. The summed E-state index contributed by atoms with van der Waals surface area (Å²) in [4.78, 5) is 15.6. The fourth-order valence-corrected chi connectivity index (χ4v) is 4.32. The third-order valence-electron chi connectivity index (χ3n) is 4.08. The lowest BCUT2D eigenvalue weighted by Crippen LogP contribution is -2.24. The molecule has 8 heteroatoms. The van der Waals surface area contributed by atoms with Crippen LogP contribution in [-0.2, 0) is 17.8 Å². The van der Waals surface area contributed by atoms with Gasteiger partial charge in [-0.25, -0.2) is 0 Å². The zero-order chi connectivity index (χ0) is 18.0. The van der Waals surface area contributed by atoms with E-state index in [2.05, 4.69) is 53.4 Å². The second-order valence-electron chi connectivity index (χ2n) is 5.90. The van der Waals surface area contributed by atoms with Crippen LogP contribution < -0.4 is 11.1 Å². The number of rotatable bonds is 6. The first-order chi connectivity index (χ1) is 12.0. The SMILES string of the molecule is CCc1[nH]c2c(CNC(=O)CSc3nnc(N)s3)cc(C)cc2c1C. The Hall–Kier alpha value is -2.06. The average molecular weight is 376 g/mol. The number of nitrogens with zero attached hydrogens (tertiary/aromatic N) is 2. The number of nitrogen functional groups attached to an aromatic ring is 1. The second-order valence-corrected chi connectivity index (χ2v) is 8.13. The number of hydrogen-bond acceptors (Lipinski definition) is 6.